The third kappa shape index (κ3) is 3.97. The van der Waals surface area contributed by atoms with Crippen LogP contribution in [0.1, 0.15) is 31.7 Å². The molecular formula is C19H19Cl2N3O. The molecular weight excluding hydrogens is 357 g/mol. The first-order valence-electron chi connectivity index (χ1n) is 8.27. The van der Waals surface area contributed by atoms with Gasteiger partial charge in [0.1, 0.15) is 5.75 Å². The average molecular weight is 376 g/mol. The fourth-order valence-corrected chi connectivity index (χ4v) is 3.22. The summed E-state index contributed by atoms with van der Waals surface area (Å²) in [4.78, 5) is 9.08. The number of aryl methyl sites for hydroxylation is 1. The first-order chi connectivity index (χ1) is 12.1. The highest BCUT2D eigenvalue weighted by molar-refractivity contribution is 6.36. The molecule has 0 atom stereocenters. The van der Waals surface area contributed by atoms with E-state index in [0.29, 0.717) is 16.5 Å². The average Bonchev–Trinajstić information content (AvgIpc) is 2.95. The van der Waals surface area contributed by atoms with E-state index in [1.807, 2.05) is 24.3 Å². The van der Waals surface area contributed by atoms with Crippen LogP contribution >= 0.6 is 23.2 Å². The van der Waals surface area contributed by atoms with Gasteiger partial charge in [0.2, 0.25) is 5.95 Å². The van der Waals surface area contributed by atoms with Gasteiger partial charge in [-0.1, -0.05) is 55.1 Å². The molecule has 1 N–H and O–H groups in total. The van der Waals surface area contributed by atoms with Gasteiger partial charge in [0.05, 0.1) is 16.1 Å². The van der Waals surface area contributed by atoms with E-state index in [1.165, 1.54) is 6.07 Å². The number of benzene rings is 2. The molecule has 0 aliphatic rings. The maximum absolute atomic E-state index is 10.1. The fourth-order valence-electron chi connectivity index (χ4n) is 2.71. The van der Waals surface area contributed by atoms with E-state index in [2.05, 4.69) is 21.5 Å². The Balaban J connectivity index is 1.99. The molecule has 2 aromatic carbocycles. The fraction of sp³-hybridized carbons (Fsp3) is 0.263. The zero-order valence-electron chi connectivity index (χ0n) is 13.9. The van der Waals surface area contributed by atoms with Crippen molar-refractivity contribution in [3.05, 3.63) is 52.0 Å². The van der Waals surface area contributed by atoms with Gasteiger partial charge in [-0.15, -0.1) is 0 Å². The number of imidazole rings is 1. The second-order valence-electron chi connectivity index (χ2n) is 5.84. The van der Waals surface area contributed by atoms with Crippen molar-refractivity contribution >= 4 is 46.4 Å². The van der Waals surface area contributed by atoms with E-state index in [1.54, 1.807) is 12.3 Å². The Labute approximate surface area is 156 Å². The molecule has 0 spiro atoms. The topological polar surface area (TPSA) is 50.4 Å². The molecule has 0 unspecified atom stereocenters. The first-order valence-corrected chi connectivity index (χ1v) is 9.03. The number of aromatic nitrogens is 2. The predicted octanol–water partition coefficient (Wildman–Crippen LogP) is 5.99. The van der Waals surface area contributed by atoms with Crippen molar-refractivity contribution in [3.63, 3.8) is 0 Å². The Hall–Kier alpha value is -2.04. The van der Waals surface area contributed by atoms with Crippen LogP contribution in [0.25, 0.3) is 11.0 Å². The largest absolute Gasteiger partial charge is 0.506 e. The van der Waals surface area contributed by atoms with Crippen molar-refractivity contribution < 1.29 is 5.11 Å². The third-order valence-corrected chi connectivity index (χ3v) is 4.50. The second-order valence-corrected chi connectivity index (χ2v) is 6.69. The summed E-state index contributed by atoms with van der Waals surface area (Å²) in [5, 5.41) is 10.7. The number of rotatable bonds is 6. The summed E-state index contributed by atoms with van der Waals surface area (Å²) >= 11 is 12.0. The van der Waals surface area contributed by atoms with Crippen LogP contribution in [0, 0.1) is 0 Å². The van der Waals surface area contributed by atoms with Crippen LogP contribution in [0.4, 0.5) is 5.95 Å². The van der Waals surface area contributed by atoms with Crippen molar-refractivity contribution in [2.45, 2.75) is 32.7 Å². The molecule has 0 saturated heterocycles. The van der Waals surface area contributed by atoms with Gasteiger partial charge in [0.15, 0.2) is 0 Å². The van der Waals surface area contributed by atoms with Crippen LogP contribution in [0.15, 0.2) is 41.4 Å². The van der Waals surface area contributed by atoms with Crippen molar-refractivity contribution in [3.8, 4) is 5.75 Å². The molecule has 6 heteroatoms. The molecule has 1 aromatic heterocycles. The summed E-state index contributed by atoms with van der Waals surface area (Å²) in [6.07, 6.45) is 4.92. The highest BCUT2D eigenvalue weighted by Gasteiger charge is 2.10. The highest BCUT2D eigenvalue weighted by Crippen LogP contribution is 2.30. The van der Waals surface area contributed by atoms with Crippen molar-refractivity contribution in [1.29, 1.82) is 0 Å². The van der Waals surface area contributed by atoms with E-state index in [4.69, 9.17) is 23.2 Å². The number of aromatic hydroxyl groups is 1. The van der Waals surface area contributed by atoms with Gasteiger partial charge in [-0.2, -0.15) is 0 Å². The Kier molecular flexibility index (Phi) is 5.61. The Morgan fingerprint density at radius 3 is 2.80 bits per heavy atom. The van der Waals surface area contributed by atoms with Gasteiger partial charge in [0.25, 0.3) is 0 Å². The number of hydrogen-bond donors (Lipinski definition) is 1. The zero-order chi connectivity index (χ0) is 17.8. The molecule has 3 rings (SSSR count). The second kappa shape index (κ2) is 7.89. The molecule has 0 radical (unpaired) electrons. The summed E-state index contributed by atoms with van der Waals surface area (Å²) < 4.78 is 2.10. The van der Waals surface area contributed by atoms with Crippen LogP contribution in [0.3, 0.4) is 0 Å². The molecule has 1 heterocycles. The van der Waals surface area contributed by atoms with E-state index in [9.17, 15) is 5.11 Å². The lowest BCUT2D eigenvalue weighted by molar-refractivity contribution is 0.475. The maximum Gasteiger partial charge on any atom is 0.230 e. The molecule has 0 saturated carbocycles. The first kappa shape index (κ1) is 17.8. The van der Waals surface area contributed by atoms with Gasteiger partial charge in [0, 0.05) is 23.3 Å². The van der Waals surface area contributed by atoms with E-state index < -0.39 is 0 Å². The minimum absolute atomic E-state index is 0.0385. The number of para-hydroxylation sites is 2. The van der Waals surface area contributed by atoms with E-state index in [0.717, 1.165) is 36.8 Å². The zero-order valence-corrected chi connectivity index (χ0v) is 15.4. The van der Waals surface area contributed by atoms with Crippen molar-refractivity contribution in [2.24, 2.45) is 4.99 Å². The molecule has 130 valence electrons. The number of hydrogen-bond acceptors (Lipinski definition) is 3. The minimum Gasteiger partial charge on any atom is -0.506 e. The van der Waals surface area contributed by atoms with Gasteiger partial charge >= 0.3 is 0 Å². The van der Waals surface area contributed by atoms with E-state index in [-0.39, 0.29) is 10.8 Å². The summed E-state index contributed by atoms with van der Waals surface area (Å²) in [5.41, 5.74) is 2.42. The monoisotopic (exact) mass is 375 g/mol. The van der Waals surface area contributed by atoms with Crippen LogP contribution in [-0.2, 0) is 6.54 Å². The Bertz CT molecular complexity index is 918. The van der Waals surface area contributed by atoms with E-state index >= 15 is 0 Å². The summed E-state index contributed by atoms with van der Waals surface area (Å²) in [7, 11) is 0. The summed E-state index contributed by atoms with van der Waals surface area (Å²) in [6, 6.07) is 11.1. The lowest BCUT2D eigenvalue weighted by atomic mass is 10.2. The maximum atomic E-state index is 10.1. The Morgan fingerprint density at radius 2 is 2.00 bits per heavy atom. The number of aliphatic imine (C=N–C) groups is 1. The van der Waals surface area contributed by atoms with Crippen molar-refractivity contribution in [1.82, 2.24) is 9.55 Å². The third-order valence-electron chi connectivity index (χ3n) is 4.00. The number of halogens is 2. The molecule has 0 bridgehead atoms. The molecule has 0 amide bonds. The molecule has 25 heavy (non-hydrogen) atoms. The van der Waals surface area contributed by atoms with Crippen LogP contribution in [0.2, 0.25) is 10.0 Å². The standard InChI is InChI=1S/C19H19Cl2N3O/c1-2-3-6-9-24-17-8-5-4-7-16(17)23-19(24)22-12-13-10-14(20)11-15(21)18(13)25/h4-5,7-8,10-12,25H,2-3,6,9H2,1H3. The minimum atomic E-state index is -0.0385. The normalized spacial score (nSPS) is 11.6. The lowest BCUT2D eigenvalue weighted by Gasteiger charge is -2.06. The highest BCUT2D eigenvalue weighted by atomic mass is 35.5. The van der Waals surface area contributed by atoms with Gasteiger partial charge in [-0.05, 0) is 30.7 Å². The molecule has 4 nitrogen and oxygen atoms in total. The summed E-state index contributed by atoms with van der Waals surface area (Å²) in [5.74, 6) is 0.566. The number of phenolic OH excluding ortho intramolecular Hbond substituents is 1. The van der Waals surface area contributed by atoms with Gasteiger partial charge < -0.3 is 9.67 Å². The lowest BCUT2D eigenvalue weighted by Crippen LogP contribution is -1.97. The molecule has 0 fully saturated rings. The van der Waals surface area contributed by atoms with Crippen molar-refractivity contribution in [2.75, 3.05) is 0 Å². The SMILES string of the molecule is CCCCCn1c(N=Cc2cc(Cl)cc(Cl)c2O)nc2ccccc21. The summed E-state index contributed by atoms with van der Waals surface area (Å²) in [6.45, 7) is 3.03. The number of fused-ring (bicyclic) bond motifs is 1. The van der Waals surface area contributed by atoms with Gasteiger partial charge in [-0.25, -0.2) is 9.98 Å². The number of phenols is 1. The van der Waals surface area contributed by atoms with Crippen LogP contribution in [-0.4, -0.2) is 20.9 Å². The number of unbranched alkanes of at least 4 members (excludes halogenated alkanes) is 2. The van der Waals surface area contributed by atoms with Crippen LogP contribution < -0.4 is 0 Å². The number of nitrogens with zero attached hydrogens (tertiary/aromatic N) is 3. The quantitative estimate of drug-likeness (QED) is 0.424. The van der Waals surface area contributed by atoms with Gasteiger partial charge in [-0.3, -0.25) is 0 Å². The Morgan fingerprint density at radius 1 is 1.20 bits per heavy atom. The molecule has 3 aromatic rings. The smallest absolute Gasteiger partial charge is 0.230 e. The molecule has 0 aliphatic heterocycles. The predicted molar refractivity (Wildman–Crippen MR) is 105 cm³/mol. The van der Waals surface area contributed by atoms with Crippen LogP contribution in [0.5, 0.6) is 5.75 Å². The molecule has 0 aliphatic carbocycles.